The Labute approximate surface area is 133 Å². The van der Waals surface area contributed by atoms with Crippen LogP contribution in [0.5, 0.6) is 0 Å². The summed E-state index contributed by atoms with van der Waals surface area (Å²) in [6.07, 6.45) is 1.51. The molecule has 0 aliphatic carbocycles. The van der Waals surface area contributed by atoms with Crippen LogP contribution in [0.25, 0.3) is 0 Å². The van der Waals surface area contributed by atoms with E-state index in [1.807, 2.05) is 0 Å². The van der Waals surface area contributed by atoms with Crippen LogP contribution in [-0.4, -0.2) is 18.0 Å². The van der Waals surface area contributed by atoms with Gasteiger partial charge in [0.15, 0.2) is 0 Å². The van der Waals surface area contributed by atoms with Gasteiger partial charge in [0.05, 0.1) is 16.8 Å². The number of hydrogen-bond acceptors (Lipinski definition) is 3. The van der Waals surface area contributed by atoms with Crippen LogP contribution in [0.4, 0.5) is 5.69 Å². The van der Waals surface area contributed by atoms with Crippen LogP contribution in [0.2, 0.25) is 5.02 Å². The zero-order valence-corrected chi connectivity index (χ0v) is 12.6. The van der Waals surface area contributed by atoms with Crippen LogP contribution in [0.3, 0.4) is 0 Å². The molecule has 0 aromatic heterocycles. The molecule has 112 valence electrons. The van der Waals surface area contributed by atoms with Gasteiger partial charge in [-0.25, -0.2) is 5.43 Å². The fourth-order valence-corrected chi connectivity index (χ4v) is 1.95. The van der Waals surface area contributed by atoms with Crippen LogP contribution in [-0.2, 0) is 4.79 Å². The lowest BCUT2D eigenvalue weighted by molar-refractivity contribution is -0.114. The van der Waals surface area contributed by atoms with Crippen molar-refractivity contribution in [2.75, 3.05) is 5.32 Å². The summed E-state index contributed by atoms with van der Waals surface area (Å²) in [5.74, 6) is -0.509. The molecule has 0 aliphatic rings. The lowest BCUT2D eigenvalue weighted by atomic mass is 10.2. The fourth-order valence-electron chi connectivity index (χ4n) is 1.73. The molecular weight excluding hydrogens is 302 g/mol. The van der Waals surface area contributed by atoms with Gasteiger partial charge in [0.2, 0.25) is 5.91 Å². The Morgan fingerprint density at radius 3 is 2.41 bits per heavy atom. The van der Waals surface area contributed by atoms with Crippen molar-refractivity contribution >= 4 is 35.3 Å². The molecule has 2 N–H and O–H groups in total. The minimum atomic E-state index is -0.378. The Kier molecular flexibility index (Phi) is 5.27. The second-order valence-corrected chi connectivity index (χ2v) is 4.89. The summed E-state index contributed by atoms with van der Waals surface area (Å²) in [7, 11) is 0. The summed E-state index contributed by atoms with van der Waals surface area (Å²) < 4.78 is 0. The van der Waals surface area contributed by atoms with E-state index in [0.29, 0.717) is 16.3 Å². The first kappa shape index (κ1) is 15.7. The van der Waals surface area contributed by atoms with Crippen molar-refractivity contribution in [1.82, 2.24) is 5.43 Å². The maximum atomic E-state index is 11.9. The van der Waals surface area contributed by atoms with Crippen molar-refractivity contribution in [3.05, 3.63) is 64.7 Å². The number of anilines is 1. The van der Waals surface area contributed by atoms with Gasteiger partial charge >= 0.3 is 0 Å². The van der Waals surface area contributed by atoms with Crippen LogP contribution in [0.1, 0.15) is 22.8 Å². The van der Waals surface area contributed by atoms with E-state index in [1.54, 1.807) is 48.5 Å². The van der Waals surface area contributed by atoms with Crippen molar-refractivity contribution in [2.24, 2.45) is 5.10 Å². The SMILES string of the molecule is CC(=O)Nc1ccc(/C=N\NC(=O)c2ccccc2Cl)cc1. The van der Waals surface area contributed by atoms with E-state index < -0.39 is 0 Å². The molecule has 0 saturated heterocycles. The summed E-state index contributed by atoms with van der Waals surface area (Å²) in [6, 6.07) is 13.8. The highest BCUT2D eigenvalue weighted by molar-refractivity contribution is 6.33. The van der Waals surface area contributed by atoms with Gasteiger partial charge in [-0.3, -0.25) is 9.59 Å². The van der Waals surface area contributed by atoms with Crippen molar-refractivity contribution in [2.45, 2.75) is 6.92 Å². The van der Waals surface area contributed by atoms with E-state index in [0.717, 1.165) is 5.56 Å². The molecule has 0 spiro atoms. The average molecular weight is 316 g/mol. The number of hydrogen-bond donors (Lipinski definition) is 2. The third-order valence-electron chi connectivity index (χ3n) is 2.73. The molecule has 2 aromatic rings. The van der Waals surface area contributed by atoms with Crippen molar-refractivity contribution in [3.63, 3.8) is 0 Å². The maximum Gasteiger partial charge on any atom is 0.272 e. The van der Waals surface area contributed by atoms with Gasteiger partial charge in [-0.05, 0) is 29.8 Å². The van der Waals surface area contributed by atoms with Crippen LogP contribution in [0.15, 0.2) is 53.6 Å². The van der Waals surface area contributed by atoms with Gasteiger partial charge in [-0.15, -0.1) is 0 Å². The molecule has 22 heavy (non-hydrogen) atoms. The molecule has 0 saturated carbocycles. The average Bonchev–Trinajstić information content (AvgIpc) is 2.49. The second kappa shape index (κ2) is 7.38. The summed E-state index contributed by atoms with van der Waals surface area (Å²) in [5, 5.41) is 6.92. The zero-order valence-electron chi connectivity index (χ0n) is 11.8. The van der Waals surface area contributed by atoms with Crippen LogP contribution in [0, 0.1) is 0 Å². The fraction of sp³-hybridized carbons (Fsp3) is 0.0625. The van der Waals surface area contributed by atoms with Gasteiger partial charge in [0.25, 0.3) is 5.91 Å². The largest absolute Gasteiger partial charge is 0.326 e. The van der Waals surface area contributed by atoms with Gasteiger partial charge in [0.1, 0.15) is 0 Å². The van der Waals surface area contributed by atoms with Crippen molar-refractivity contribution in [3.8, 4) is 0 Å². The number of halogens is 1. The summed E-state index contributed by atoms with van der Waals surface area (Å²) in [5.41, 5.74) is 4.26. The smallest absolute Gasteiger partial charge is 0.272 e. The molecule has 0 unspecified atom stereocenters. The third kappa shape index (κ3) is 4.43. The summed E-state index contributed by atoms with van der Waals surface area (Å²) >= 11 is 5.93. The van der Waals surface area contributed by atoms with E-state index in [2.05, 4.69) is 15.8 Å². The number of benzene rings is 2. The highest BCUT2D eigenvalue weighted by atomic mass is 35.5. The van der Waals surface area contributed by atoms with Crippen molar-refractivity contribution in [1.29, 1.82) is 0 Å². The zero-order chi connectivity index (χ0) is 15.9. The first-order valence-corrected chi connectivity index (χ1v) is 6.89. The van der Waals surface area contributed by atoms with Crippen LogP contribution < -0.4 is 10.7 Å². The molecule has 2 aromatic carbocycles. The Morgan fingerprint density at radius 1 is 1.09 bits per heavy atom. The molecule has 2 amide bonds. The van der Waals surface area contributed by atoms with Crippen molar-refractivity contribution < 1.29 is 9.59 Å². The molecule has 0 aliphatic heterocycles. The molecule has 0 atom stereocenters. The predicted molar refractivity (Wildman–Crippen MR) is 87.3 cm³/mol. The second-order valence-electron chi connectivity index (χ2n) is 4.48. The first-order chi connectivity index (χ1) is 10.6. The highest BCUT2D eigenvalue weighted by Gasteiger charge is 2.07. The summed E-state index contributed by atoms with van der Waals surface area (Å²) in [4.78, 5) is 22.8. The van der Waals surface area contributed by atoms with Crippen LogP contribution >= 0.6 is 11.6 Å². The molecule has 5 nitrogen and oxygen atoms in total. The third-order valence-corrected chi connectivity index (χ3v) is 3.06. The highest BCUT2D eigenvalue weighted by Crippen LogP contribution is 2.14. The lowest BCUT2D eigenvalue weighted by Crippen LogP contribution is -2.17. The molecule has 2 rings (SSSR count). The molecule has 6 heteroatoms. The Morgan fingerprint density at radius 2 is 1.77 bits per heavy atom. The quantitative estimate of drug-likeness (QED) is 0.672. The number of nitrogens with zero attached hydrogens (tertiary/aromatic N) is 1. The topological polar surface area (TPSA) is 70.6 Å². The Bertz CT molecular complexity index is 712. The predicted octanol–water partition coefficient (Wildman–Crippen LogP) is 3.06. The maximum absolute atomic E-state index is 11.9. The molecule has 0 heterocycles. The summed E-state index contributed by atoms with van der Waals surface area (Å²) in [6.45, 7) is 1.44. The van der Waals surface area contributed by atoms with E-state index in [-0.39, 0.29) is 11.8 Å². The molecular formula is C16H14ClN3O2. The van der Waals surface area contributed by atoms with E-state index in [9.17, 15) is 9.59 Å². The van der Waals surface area contributed by atoms with E-state index in [4.69, 9.17) is 11.6 Å². The number of rotatable bonds is 4. The Balaban J connectivity index is 1.96. The van der Waals surface area contributed by atoms with E-state index in [1.165, 1.54) is 13.1 Å². The normalized spacial score (nSPS) is 10.5. The number of hydrazone groups is 1. The minimum absolute atomic E-state index is 0.131. The standard InChI is InChI=1S/C16H14ClN3O2/c1-11(21)19-13-8-6-12(7-9-13)10-18-20-16(22)14-4-2-3-5-15(14)17/h2-10H,1H3,(H,19,21)(H,20,22)/b18-10-. The van der Waals surface area contributed by atoms with Gasteiger partial charge in [-0.1, -0.05) is 35.9 Å². The first-order valence-electron chi connectivity index (χ1n) is 6.52. The number of nitrogens with one attached hydrogen (secondary N) is 2. The van der Waals surface area contributed by atoms with Gasteiger partial charge in [-0.2, -0.15) is 5.10 Å². The van der Waals surface area contributed by atoms with Gasteiger partial charge < -0.3 is 5.32 Å². The minimum Gasteiger partial charge on any atom is -0.326 e. The molecule has 0 radical (unpaired) electrons. The number of carbonyl (C=O) groups excluding carboxylic acids is 2. The molecule has 0 fully saturated rings. The lowest BCUT2D eigenvalue weighted by Gasteiger charge is -2.03. The number of amides is 2. The van der Waals surface area contributed by atoms with Gasteiger partial charge in [0, 0.05) is 12.6 Å². The Hall–Kier alpha value is -2.66. The number of carbonyl (C=O) groups is 2. The molecule has 0 bridgehead atoms. The van der Waals surface area contributed by atoms with E-state index >= 15 is 0 Å². The monoisotopic (exact) mass is 315 g/mol.